The first-order valence-corrected chi connectivity index (χ1v) is 13.1. The molecule has 1 N–H and O–H groups in total. The Morgan fingerprint density at radius 1 is 0.944 bits per heavy atom. The molecule has 0 bridgehead atoms. The van der Waals surface area contributed by atoms with Gasteiger partial charge >= 0.3 is 0 Å². The van der Waals surface area contributed by atoms with E-state index in [1.807, 2.05) is 42.5 Å². The number of amides is 3. The third-order valence-electron chi connectivity index (χ3n) is 7.67. The van der Waals surface area contributed by atoms with Gasteiger partial charge in [0.15, 0.2) is 0 Å². The molecule has 0 unspecified atom stereocenters. The second kappa shape index (κ2) is 10.8. The Bertz CT molecular complexity index is 1110. The van der Waals surface area contributed by atoms with Gasteiger partial charge in [-0.2, -0.15) is 0 Å². The molecule has 1 atom stereocenters. The van der Waals surface area contributed by atoms with Crippen LogP contribution in [-0.2, 0) is 11.3 Å². The van der Waals surface area contributed by atoms with Crippen LogP contribution in [0.3, 0.4) is 0 Å². The van der Waals surface area contributed by atoms with Gasteiger partial charge in [0, 0.05) is 51.4 Å². The van der Waals surface area contributed by atoms with E-state index in [9.17, 15) is 14.4 Å². The van der Waals surface area contributed by atoms with Crippen LogP contribution >= 0.6 is 0 Å². The standard InChI is InChI=1S/C28H35N5O3/c1-2-30-16-18-31(19-17-30)15-13-29-26(34)22-11-9-21(10-12-22)20-33-24-7-4-3-6-23(24)27(35)32-14-5-8-25(32)28(33)36/h3-4,6-7,9-12,25H,2,5,8,13-20H2,1H3,(H,29,34)/t25-/m0/s1. The largest absolute Gasteiger partial charge is 0.351 e. The number of benzene rings is 2. The summed E-state index contributed by atoms with van der Waals surface area (Å²) in [7, 11) is 0. The Kier molecular flexibility index (Phi) is 7.34. The number of anilines is 1. The lowest BCUT2D eigenvalue weighted by Crippen LogP contribution is -2.48. The summed E-state index contributed by atoms with van der Waals surface area (Å²) in [5, 5.41) is 3.03. The Balaban J connectivity index is 1.21. The van der Waals surface area contributed by atoms with Crippen LogP contribution in [0.4, 0.5) is 5.69 Å². The fourth-order valence-electron chi connectivity index (χ4n) is 5.48. The summed E-state index contributed by atoms with van der Waals surface area (Å²) in [6.45, 7) is 10.0. The minimum absolute atomic E-state index is 0.0348. The number of para-hydroxylation sites is 1. The number of nitrogens with zero attached hydrogens (tertiary/aromatic N) is 4. The predicted octanol–water partition coefficient (Wildman–Crippen LogP) is 2.21. The van der Waals surface area contributed by atoms with Crippen LogP contribution in [0.15, 0.2) is 48.5 Å². The lowest BCUT2D eigenvalue weighted by atomic mass is 10.1. The SMILES string of the molecule is CCN1CCN(CCNC(=O)c2ccc(CN3C(=O)[C@@H]4CCCN4C(=O)c4ccccc43)cc2)CC1. The van der Waals surface area contributed by atoms with Crippen molar-refractivity contribution >= 4 is 23.4 Å². The van der Waals surface area contributed by atoms with Crippen molar-refractivity contribution in [3.63, 3.8) is 0 Å². The summed E-state index contributed by atoms with van der Waals surface area (Å²) < 4.78 is 0. The molecule has 2 saturated heterocycles. The maximum absolute atomic E-state index is 13.5. The molecule has 0 aliphatic carbocycles. The molecular weight excluding hydrogens is 454 g/mol. The first-order chi connectivity index (χ1) is 17.5. The second-order valence-corrected chi connectivity index (χ2v) is 9.83. The molecule has 3 aliphatic heterocycles. The molecule has 3 aliphatic rings. The van der Waals surface area contributed by atoms with Crippen molar-refractivity contribution in [2.75, 3.05) is 57.3 Å². The zero-order chi connectivity index (χ0) is 25.1. The van der Waals surface area contributed by atoms with Crippen molar-refractivity contribution in [1.29, 1.82) is 0 Å². The maximum Gasteiger partial charge on any atom is 0.256 e. The van der Waals surface area contributed by atoms with Gasteiger partial charge in [-0.1, -0.05) is 31.2 Å². The van der Waals surface area contributed by atoms with Crippen molar-refractivity contribution < 1.29 is 14.4 Å². The van der Waals surface area contributed by atoms with Gasteiger partial charge in [0.2, 0.25) is 5.91 Å². The third kappa shape index (κ3) is 5.01. The number of carbonyl (C=O) groups is 3. The van der Waals surface area contributed by atoms with E-state index in [4.69, 9.17) is 0 Å². The highest BCUT2D eigenvalue weighted by atomic mass is 16.2. The number of piperazine rings is 1. The van der Waals surface area contributed by atoms with Crippen molar-refractivity contribution in [2.45, 2.75) is 32.4 Å². The second-order valence-electron chi connectivity index (χ2n) is 9.83. The van der Waals surface area contributed by atoms with Crippen molar-refractivity contribution in [3.8, 4) is 0 Å². The van der Waals surface area contributed by atoms with Gasteiger partial charge in [-0.3, -0.25) is 19.3 Å². The fourth-order valence-corrected chi connectivity index (χ4v) is 5.48. The number of carbonyl (C=O) groups excluding carboxylic acids is 3. The van der Waals surface area contributed by atoms with Crippen LogP contribution < -0.4 is 10.2 Å². The molecule has 3 amide bonds. The molecule has 5 rings (SSSR count). The molecule has 0 radical (unpaired) electrons. The van der Waals surface area contributed by atoms with E-state index in [0.717, 1.165) is 51.3 Å². The molecule has 190 valence electrons. The van der Waals surface area contributed by atoms with E-state index in [-0.39, 0.29) is 17.7 Å². The zero-order valence-corrected chi connectivity index (χ0v) is 21.0. The summed E-state index contributed by atoms with van der Waals surface area (Å²) in [4.78, 5) is 47.5. The minimum atomic E-state index is -0.403. The summed E-state index contributed by atoms with van der Waals surface area (Å²) in [6, 6.07) is 14.4. The molecule has 3 heterocycles. The molecule has 0 saturated carbocycles. The van der Waals surface area contributed by atoms with Crippen molar-refractivity contribution in [1.82, 2.24) is 20.0 Å². The Morgan fingerprint density at radius 3 is 2.42 bits per heavy atom. The van der Waals surface area contributed by atoms with Gasteiger partial charge in [0.05, 0.1) is 17.8 Å². The Hall–Kier alpha value is -3.23. The molecule has 8 nitrogen and oxygen atoms in total. The molecule has 0 spiro atoms. The summed E-state index contributed by atoms with van der Waals surface area (Å²) in [5.41, 5.74) is 2.75. The first-order valence-electron chi connectivity index (χ1n) is 13.1. The average molecular weight is 490 g/mol. The number of hydrogen-bond acceptors (Lipinski definition) is 5. The number of nitrogens with one attached hydrogen (secondary N) is 1. The van der Waals surface area contributed by atoms with Crippen molar-refractivity contribution in [2.24, 2.45) is 0 Å². The molecule has 2 aromatic rings. The number of likely N-dealkylation sites (N-methyl/N-ethyl adjacent to an activating group) is 1. The summed E-state index contributed by atoms with van der Waals surface area (Å²) in [6.07, 6.45) is 1.54. The average Bonchev–Trinajstić information content (AvgIpc) is 3.39. The quantitative estimate of drug-likeness (QED) is 0.646. The number of hydrogen-bond donors (Lipinski definition) is 1. The van der Waals surface area contributed by atoms with Gasteiger partial charge in [-0.05, 0) is 49.2 Å². The molecule has 2 fully saturated rings. The fraction of sp³-hybridized carbons (Fsp3) is 0.464. The van der Waals surface area contributed by atoms with Crippen LogP contribution in [0.25, 0.3) is 0 Å². The smallest absolute Gasteiger partial charge is 0.256 e. The molecule has 0 aromatic heterocycles. The predicted molar refractivity (Wildman–Crippen MR) is 139 cm³/mol. The summed E-state index contributed by atoms with van der Waals surface area (Å²) >= 11 is 0. The topological polar surface area (TPSA) is 76.2 Å². The molecule has 8 heteroatoms. The van der Waals surface area contributed by atoms with Crippen LogP contribution in [0, 0.1) is 0 Å². The van der Waals surface area contributed by atoms with Crippen LogP contribution in [0.2, 0.25) is 0 Å². The number of rotatable bonds is 7. The Morgan fingerprint density at radius 2 is 1.67 bits per heavy atom. The van der Waals surface area contributed by atoms with Gasteiger partial charge < -0.3 is 20.0 Å². The van der Waals surface area contributed by atoms with Gasteiger partial charge in [-0.15, -0.1) is 0 Å². The maximum atomic E-state index is 13.5. The van der Waals surface area contributed by atoms with Gasteiger partial charge in [-0.25, -0.2) is 0 Å². The van der Waals surface area contributed by atoms with E-state index in [2.05, 4.69) is 22.0 Å². The normalized spacial score (nSPS) is 20.8. The van der Waals surface area contributed by atoms with E-state index < -0.39 is 6.04 Å². The first kappa shape index (κ1) is 24.5. The number of fused-ring (bicyclic) bond motifs is 2. The zero-order valence-electron chi connectivity index (χ0n) is 21.0. The lowest BCUT2D eigenvalue weighted by Gasteiger charge is -2.33. The lowest BCUT2D eigenvalue weighted by molar-refractivity contribution is -0.122. The Labute approximate surface area is 212 Å². The minimum Gasteiger partial charge on any atom is -0.351 e. The van der Waals surface area contributed by atoms with E-state index >= 15 is 0 Å². The van der Waals surface area contributed by atoms with E-state index in [0.29, 0.717) is 42.9 Å². The van der Waals surface area contributed by atoms with Gasteiger partial charge in [0.1, 0.15) is 6.04 Å². The molecule has 2 aromatic carbocycles. The highest BCUT2D eigenvalue weighted by Gasteiger charge is 2.41. The van der Waals surface area contributed by atoms with E-state index in [1.54, 1.807) is 15.9 Å². The van der Waals surface area contributed by atoms with Crippen molar-refractivity contribution in [3.05, 3.63) is 65.2 Å². The summed E-state index contributed by atoms with van der Waals surface area (Å²) in [5.74, 6) is -0.187. The molecular formula is C28H35N5O3. The monoisotopic (exact) mass is 489 g/mol. The van der Waals surface area contributed by atoms with Crippen LogP contribution in [-0.4, -0.2) is 90.8 Å². The third-order valence-corrected chi connectivity index (χ3v) is 7.67. The van der Waals surface area contributed by atoms with Gasteiger partial charge in [0.25, 0.3) is 11.8 Å². The van der Waals surface area contributed by atoms with Crippen LogP contribution in [0.5, 0.6) is 0 Å². The molecule has 36 heavy (non-hydrogen) atoms. The van der Waals surface area contributed by atoms with E-state index in [1.165, 1.54) is 0 Å². The highest BCUT2D eigenvalue weighted by Crippen LogP contribution is 2.33. The highest BCUT2D eigenvalue weighted by molar-refractivity contribution is 6.11. The van der Waals surface area contributed by atoms with Crippen LogP contribution in [0.1, 0.15) is 46.0 Å².